The quantitative estimate of drug-likeness (QED) is 0.744. The van der Waals surface area contributed by atoms with Crippen molar-refractivity contribution in [2.75, 3.05) is 50.8 Å². The second-order valence-corrected chi connectivity index (χ2v) is 8.19. The summed E-state index contributed by atoms with van der Waals surface area (Å²) in [6.45, 7) is 5.36. The van der Waals surface area contributed by atoms with E-state index >= 15 is 0 Å². The lowest BCUT2D eigenvalue weighted by Gasteiger charge is -2.35. The first-order valence-corrected chi connectivity index (χ1v) is 10.8. The van der Waals surface area contributed by atoms with Crippen molar-refractivity contribution in [3.63, 3.8) is 0 Å². The van der Waals surface area contributed by atoms with Gasteiger partial charge < -0.3 is 19.3 Å². The molecule has 1 aromatic heterocycles. The number of aromatic nitrogens is 1. The average molecular weight is 422 g/mol. The lowest BCUT2D eigenvalue weighted by atomic mass is 10.1. The van der Waals surface area contributed by atoms with Crippen LogP contribution in [0.25, 0.3) is 0 Å². The number of rotatable bonds is 4. The van der Waals surface area contributed by atoms with Crippen LogP contribution in [-0.4, -0.2) is 72.5 Å². The number of carbonyl (C=O) groups excluding carboxylic acids is 2. The maximum absolute atomic E-state index is 13.1. The van der Waals surface area contributed by atoms with Gasteiger partial charge in [0.15, 0.2) is 11.5 Å². The molecule has 4 heterocycles. The van der Waals surface area contributed by atoms with Crippen molar-refractivity contribution in [3.05, 3.63) is 48.3 Å². The van der Waals surface area contributed by atoms with Crippen molar-refractivity contribution in [3.8, 4) is 11.5 Å². The molecule has 2 aromatic rings. The summed E-state index contributed by atoms with van der Waals surface area (Å²) in [6, 6.07) is 9.56. The van der Waals surface area contributed by atoms with Crippen LogP contribution >= 0.6 is 0 Å². The van der Waals surface area contributed by atoms with Crippen LogP contribution in [0.1, 0.15) is 12.0 Å². The Morgan fingerprint density at radius 1 is 1.00 bits per heavy atom. The Hall–Kier alpha value is -3.13. The van der Waals surface area contributed by atoms with E-state index in [4.69, 9.17) is 9.47 Å². The summed E-state index contributed by atoms with van der Waals surface area (Å²) in [4.78, 5) is 35.8. The van der Waals surface area contributed by atoms with Crippen molar-refractivity contribution in [1.82, 2.24) is 14.8 Å². The minimum absolute atomic E-state index is 0.0219. The third-order valence-corrected chi connectivity index (χ3v) is 6.15. The Balaban J connectivity index is 1.18. The third-order valence-electron chi connectivity index (χ3n) is 6.15. The number of benzene rings is 1. The number of nitrogens with zero attached hydrogens (tertiary/aromatic N) is 4. The summed E-state index contributed by atoms with van der Waals surface area (Å²) in [5.41, 5.74) is 1.98. The first kappa shape index (κ1) is 19.8. The topological polar surface area (TPSA) is 75.2 Å². The van der Waals surface area contributed by atoms with Crippen LogP contribution in [0.4, 0.5) is 5.69 Å². The Morgan fingerprint density at radius 2 is 1.74 bits per heavy atom. The normalized spacial score (nSPS) is 21.4. The molecule has 3 aliphatic rings. The molecule has 162 valence electrons. The molecule has 0 unspecified atom stereocenters. The standard InChI is InChI=1S/C23H26N4O4/c28-22-13-18(16-27(22)19-1-2-20-21(14-19)31-12-11-30-20)23(29)26-9-7-25(8-10-26)15-17-3-5-24-6-4-17/h1-6,14,18H,7-13,15-16H2/t18-/m1/s1. The molecule has 2 saturated heterocycles. The molecule has 2 amide bonds. The molecule has 5 rings (SSSR count). The van der Waals surface area contributed by atoms with Crippen LogP contribution < -0.4 is 14.4 Å². The Kier molecular flexibility index (Phi) is 5.46. The molecule has 1 atom stereocenters. The number of carbonyl (C=O) groups is 2. The summed E-state index contributed by atoms with van der Waals surface area (Å²) in [7, 11) is 0. The van der Waals surface area contributed by atoms with E-state index in [1.807, 2.05) is 35.2 Å². The van der Waals surface area contributed by atoms with Crippen LogP contribution in [-0.2, 0) is 16.1 Å². The first-order valence-electron chi connectivity index (χ1n) is 10.8. The van der Waals surface area contributed by atoms with E-state index in [2.05, 4.69) is 9.88 Å². The molecular formula is C23H26N4O4. The SMILES string of the molecule is O=C([C@@H]1CC(=O)N(c2ccc3c(c2)OCCO3)C1)N1CCN(Cc2ccncc2)CC1. The molecule has 0 spiro atoms. The van der Waals surface area contributed by atoms with Crippen LogP contribution in [0, 0.1) is 5.92 Å². The van der Waals surface area contributed by atoms with E-state index in [1.54, 1.807) is 17.3 Å². The van der Waals surface area contributed by atoms with Crippen molar-refractivity contribution in [1.29, 1.82) is 0 Å². The van der Waals surface area contributed by atoms with Gasteiger partial charge in [-0.2, -0.15) is 0 Å². The van der Waals surface area contributed by atoms with E-state index in [9.17, 15) is 9.59 Å². The van der Waals surface area contributed by atoms with E-state index in [0.29, 0.717) is 44.3 Å². The van der Waals surface area contributed by atoms with Crippen LogP contribution in [0.3, 0.4) is 0 Å². The fourth-order valence-electron chi connectivity index (χ4n) is 4.45. The molecular weight excluding hydrogens is 396 g/mol. The number of anilines is 1. The van der Waals surface area contributed by atoms with E-state index < -0.39 is 0 Å². The highest BCUT2D eigenvalue weighted by molar-refractivity contribution is 6.00. The van der Waals surface area contributed by atoms with Gasteiger partial charge in [-0.15, -0.1) is 0 Å². The Labute approximate surface area is 181 Å². The summed E-state index contributed by atoms with van der Waals surface area (Å²) in [6.07, 6.45) is 3.86. The van der Waals surface area contributed by atoms with Gasteiger partial charge in [-0.1, -0.05) is 0 Å². The van der Waals surface area contributed by atoms with Gasteiger partial charge in [0.25, 0.3) is 0 Å². The number of piperazine rings is 1. The molecule has 8 nitrogen and oxygen atoms in total. The molecule has 8 heteroatoms. The fraction of sp³-hybridized carbons (Fsp3) is 0.435. The predicted molar refractivity (Wildman–Crippen MR) is 114 cm³/mol. The van der Waals surface area contributed by atoms with Gasteiger partial charge >= 0.3 is 0 Å². The van der Waals surface area contributed by atoms with Gasteiger partial charge in [-0.25, -0.2) is 0 Å². The smallest absolute Gasteiger partial charge is 0.228 e. The Bertz CT molecular complexity index is 959. The summed E-state index contributed by atoms with van der Waals surface area (Å²) < 4.78 is 11.2. The molecule has 2 fully saturated rings. The van der Waals surface area contributed by atoms with Crippen LogP contribution in [0.2, 0.25) is 0 Å². The maximum atomic E-state index is 13.1. The molecule has 0 radical (unpaired) electrons. The van der Waals surface area contributed by atoms with Gasteiger partial charge in [-0.05, 0) is 29.8 Å². The minimum atomic E-state index is -0.299. The maximum Gasteiger partial charge on any atom is 0.228 e. The van der Waals surface area contributed by atoms with Gasteiger partial charge in [0.1, 0.15) is 13.2 Å². The molecule has 3 aliphatic heterocycles. The highest BCUT2D eigenvalue weighted by Gasteiger charge is 2.38. The van der Waals surface area contributed by atoms with Gasteiger partial charge in [0.05, 0.1) is 5.92 Å². The number of pyridine rings is 1. The molecule has 1 aromatic carbocycles. The van der Waals surface area contributed by atoms with E-state index in [0.717, 1.165) is 25.3 Å². The molecule has 31 heavy (non-hydrogen) atoms. The molecule has 0 aliphatic carbocycles. The van der Waals surface area contributed by atoms with Gasteiger partial charge in [0.2, 0.25) is 11.8 Å². The Morgan fingerprint density at radius 3 is 2.52 bits per heavy atom. The van der Waals surface area contributed by atoms with Gasteiger partial charge in [0, 0.05) is 69.8 Å². The summed E-state index contributed by atoms with van der Waals surface area (Å²) in [5.74, 6) is 1.10. The van der Waals surface area contributed by atoms with Crippen molar-refractivity contribution in [2.24, 2.45) is 5.92 Å². The number of hydrogen-bond donors (Lipinski definition) is 0. The number of ether oxygens (including phenoxy) is 2. The monoisotopic (exact) mass is 422 g/mol. The summed E-state index contributed by atoms with van der Waals surface area (Å²) >= 11 is 0. The number of fused-ring (bicyclic) bond motifs is 1. The lowest BCUT2D eigenvalue weighted by Crippen LogP contribution is -2.50. The third kappa shape index (κ3) is 4.20. The highest BCUT2D eigenvalue weighted by atomic mass is 16.6. The van der Waals surface area contributed by atoms with Gasteiger partial charge in [-0.3, -0.25) is 19.5 Å². The van der Waals surface area contributed by atoms with Crippen LogP contribution in [0.15, 0.2) is 42.7 Å². The number of hydrogen-bond acceptors (Lipinski definition) is 6. The average Bonchev–Trinajstić information content (AvgIpc) is 3.21. The molecule has 0 saturated carbocycles. The largest absolute Gasteiger partial charge is 0.486 e. The second kappa shape index (κ2) is 8.55. The lowest BCUT2D eigenvalue weighted by molar-refractivity contribution is -0.137. The molecule has 0 bridgehead atoms. The first-order chi connectivity index (χ1) is 15.2. The number of amides is 2. The highest BCUT2D eigenvalue weighted by Crippen LogP contribution is 2.36. The fourth-order valence-corrected chi connectivity index (χ4v) is 4.45. The van der Waals surface area contributed by atoms with Crippen molar-refractivity contribution in [2.45, 2.75) is 13.0 Å². The minimum Gasteiger partial charge on any atom is -0.486 e. The molecule has 0 N–H and O–H groups in total. The zero-order valence-electron chi connectivity index (χ0n) is 17.4. The van der Waals surface area contributed by atoms with E-state index in [1.165, 1.54) is 5.56 Å². The zero-order chi connectivity index (χ0) is 21.2. The van der Waals surface area contributed by atoms with Crippen molar-refractivity contribution < 1.29 is 19.1 Å². The van der Waals surface area contributed by atoms with Crippen LogP contribution in [0.5, 0.6) is 11.5 Å². The second-order valence-electron chi connectivity index (χ2n) is 8.19. The van der Waals surface area contributed by atoms with E-state index in [-0.39, 0.29) is 24.2 Å². The summed E-state index contributed by atoms with van der Waals surface area (Å²) in [5, 5.41) is 0. The predicted octanol–water partition coefficient (Wildman–Crippen LogP) is 1.55. The van der Waals surface area contributed by atoms with Crippen molar-refractivity contribution >= 4 is 17.5 Å². The zero-order valence-corrected chi connectivity index (χ0v) is 17.4.